The SMILES string of the molecule is C=CC1=C(C=C)C(O)(Cc2ccccc2)C(C=C)=C1C=C. The van der Waals surface area contributed by atoms with Crippen LogP contribution in [0.1, 0.15) is 5.56 Å². The van der Waals surface area contributed by atoms with Crippen molar-refractivity contribution in [2.45, 2.75) is 12.0 Å². The summed E-state index contributed by atoms with van der Waals surface area (Å²) in [4.78, 5) is 0. The van der Waals surface area contributed by atoms with Crippen molar-refractivity contribution in [1.82, 2.24) is 0 Å². The van der Waals surface area contributed by atoms with E-state index in [1.54, 1.807) is 24.3 Å². The summed E-state index contributed by atoms with van der Waals surface area (Å²) in [6, 6.07) is 9.88. The molecule has 0 atom stereocenters. The van der Waals surface area contributed by atoms with Gasteiger partial charge < -0.3 is 5.11 Å². The first kappa shape index (κ1) is 15.0. The molecule has 0 fully saturated rings. The fraction of sp³-hybridized carbons (Fsp3) is 0.100. The van der Waals surface area contributed by atoms with Crippen molar-refractivity contribution >= 4 is 0 Å². The first-order valence-corrected chi connectivity index (χ1v) is 6.88. The topological polar surface area (TPSA) is 20.2 Å². The number of aliphatic hydroxyl groups is 1. The lowest BCUT2D eigenvalue weighted by atomic mass is 9.83. The Morgan fingerprint density at radius 2 is 1.29 bits per heavy atom. The maximum atomic E-state index is 11.3. The molecule has 0 radical (unpaired) electrons. The minimum Gasteiger partial charge on any atom is -0.380 e. The summed E-state index contributed by atoms with van der Waals surface area (Å²) in [5.74, 6) is 0. The average molecular weight is 276 g/mol. The Hall–Kier alpha value is -2.38. The maximum absolute atomic E-state index is 11.3. The van der Waals surface area contributed by atoms with Gasteiger partial charge in [0.2, 0.25) is 0 Å². The monoisotopic (exact) mass is 276 g/mol. The molecule has 0 spiro atoms. The van der Waals surface area contributed by atoms with Crippen molar-refractivity contribution in [1.29, 1.82) is 0 Å². The van der Waals surface area contributed by atoms with Crippen molar-refractivity contribution in [2.75, 3.05) is 0 Å². The van der Waals surface area contributed by atoms with E-state index in [4.69, 9.17) is 0 Å². The summed E-state index contributed by atoms with van der Waals surface area (Å²) < 4.78 is 0. The molecule has 1 aromatic carbocycles. The van der Waals surface area contributed by atoms with Crippen LogP contribution < -0.4 is 0 Å². The molecule has 0 heterocycles. The quantitative estimate of drug-likeness (QED) is 0.820. The van der Waals surface area contributed by atoms with E-state index in [0.29, 0.717) is 6.42 Å². The minimum absolute atomic E-state index is 0.464. The van der Waals surface area contributed by atoms with Gasteiger partial charge in [0, 0.05) is 6.42 Å². The van der Waals surface area contributed by atoms with Crippen LogP contribution in [0, 0.1) is 0 Å². The molecule has 1 N–H and O–H groups in total. The van der Waals surface area contributed by atoms with Crippen molar-refractivity contribution in [2.24, 2.45) is 0 Å². The van der Waals surface area contributed by atoms with E-state index < -0.39 is 5.60 Å². The molecule has 1 aromatic rings. The van der Waals surface area contributed by atoms with Gasteiger partial charge in [-0.1, -0.05) is 81.0 Å². The highest BCUT2D eigenvalue weighted by molar-refractivity contribution is 5.68. The van der Waals surface area contributed by atoms with E-state index >= 15 is 0 Å². The zero-order chi connectivity index (χ0) is 15.5. The predicted octanol–water partition coefficient (Wildman–Crippen LogP) is 4.31. The van der Waals surface area contributed by atoms with Crippen molar-refractivity contribution < 1.29 is 5.11 Å². The van der Waals surface area contributed by atoms with Gasteiger partial charge in [-0.05, 0) is 27.9 Å². The lowest BCUT2D eigenvalue weighted by molar-refractivity contribution is 0.127. The second-order valence-electron chi connectivity index (χ2n) is 4.99. The molecule has 1 aliphatic carbocycles. The summed E-state index contributed by atoms with van der Waals surface area (Å²) in [6.45, 7) is 15.4. The number of benzene rings is 1. The normalized spacial score (nSPS) is 16.8. The Kier molecular flexibility index (Phi) is 4.25. The highest BCUT2D eigenvalue weighted by Crippen LogP contribution is 2.44. The van der Waals surface area contributed by atoms with Crippen LogP contribution in [0.15, 0.2) is 103 Å². The molecule has 0 amide bonds. The molecular weight excluding hydrogens is 256 g/mol. The number of hydrogen-bond donors (Lipinski definition) is 1. The molecule has 1 nitrogen and oxygen atoms in total. The van der Waals surface area contributed by atoms with Crippen LogP contribution in [0.2, 0.25) is 0 Å². The van der Waals surface area contributed by atoms with E-state index in [0.717, 1.165) is 27.9 Å². The Labute approximate surface area is 126 Å². The van der Waals surface area contributed by atoms with Crippen LogP contribution in [0.4, 0.5) is 0 Å². The van der Waals surface area contributed by atoms with E-state index in [1.807, 2.05) is 30.3 Å². The standard InChI is InChI=1S/C20H20O/c1-5-16-17(6-2)19(8-4)20(21,18(16)7-3)14-15-12-10-9-11-13-15/h5-13,21H,1-4,14H2. The van der Waals surface area contributed by atoms with E-state index in [2.05, 4.69) is 26.3 Å². The van der Waals surface area contributed by atoms with Crippen LogP contribution in [0.25, 0.3) is 0 Å². The molecule has 1 aliphatic rings. The summed E-state index contributed by atoms with van der Waals surface area (Å²) >= 11 is 0. The second-order valence-corrected chi connectivity index (χ2v) is 4.99. The van der Waals surface area contributed by atoms with Gasteiger partial charge in [0.25, 0.3) is 0 Å². The lowest BCUT2D eigenvalue weighted by Crippen LogP contribution is -2.33. The highest BCUT2D eigenvalue weighted by Gasteiger charge is 2.41. The van der Waals surface area contributed by atoms with E-state index in [9.17, 15) is 5.11 Å². The maximum Gasteiger partial charge on any atom is 0.120 e. The first-order valence-electron chi connectivity index (χ1n) is 6.88. The van der Waals surface area contributed by atoms with Gasteiger partial charge in [0.15, 0.2) is 0 Å². The molecular formula is C20H20O. The van der Waals surface area contributed by atoms with Gasteiger partial charge in [-0.25, -0.2) is 0 Å². The molecule has 0 saturated heterocycles. The summed E-state index contributed by atoms with van der Waals surface area (Å²) in [5, 5.41) is 11.3. The summed E-state index contributed by atoms with van der Waals surface area (Å²) in [7, 11) is 0. The third-order valence-corrected chi connectivity index (χ3v) is 3.88. The van der Waals surface area contributed by atoms with Crippen molar-refractivity contribution in [3.05, 3.63) is 109 Å². The Balaban J connectivity index is 2.63. The average Bonchev–Trinajstić information content (AvgIpc) is 2.74. The summed E-state index contributed by atoms with van der Waals surface area (Å²) in [6.07, 6.45) is 7.33. The van der Waals surface area contributed by atoms with Gasteiger partial charge in [-0.3, -0.25) is 0 Å². The second kappa shape index (κ2) is 5.94. The highest BCUT2D eigenvalue weighted by atomic mass is 16.3. The minimum atomic E-state index is -1.14. The molecule has 0 saturated carbocycles. The smallest absolute Gasteiger partial charge is 0.120 e. The number of rotatable bonds is 6. The van der Waals surface area contributed by atoms with Gasteiger partial charge in [-0.2, -0.15) is 0 Å². The fourth-order valence-electron chi connectivity index (χ4n) is 2.96. The van der Waals surface area contributed by atoms with Crippen LogP contribution in [-0.2, 0) is 6.42 Å². The van der Waals surface area contributed by atoms with Crippen molar-refractivity contribution in [3.63, 3.8) is 0 Å². The van der Waals surface area contributed by atoms with Crippen LogP contribution in [-0.4, -0.2) is 10.7 Å². The molecule has 0 bridgehead atoms. The van der Waals surface area contributed by atoms with Crippen LogP contribution in [0.3, 0.4) is 0 Å². The third kappa shape index (κ3) is 2.37. The predicted molar refractivity (Wildman–Crippen MR) is 89.9 cm³/mol. The summed E-state index contributed by atoms with van der Waals surface area (Å²) in [5.41, 5.74) is 3.16. The number of allylic oxidation sites excluding steroid dienone is 4. The Morgan fingerprint density at radius 3 is 1.67 bits per heavy atom. The van der Waals surface area contributed by atoms with E-state index in [-0.39, 0.29) is 0 Å². The molecule has 2 rings (SSSR count). The van der Waals surface area contributed by atoms with Crippen LogP contribution >= 0.6 is 0 Å². The van der Waals surface area contributed by atoms with Crippen molar-refractivity contribution in [3.8, 4) is 0 Å². The molecule has 21 heavy (non-hydrogen) atoms. The Bertz CT molecular complexity index is 620. The molecule has 1 heteroatoms. The zero-order valence-electron chi connectivity index (χ0n) is 12.2. The van der Waals surface area contributed by atoms with Gasteiger partial charge in [0.05, 0.1) is 0 Å². The molecule has 0 aromatic heterocycles. The zero-order valence-corrected chi connectivity index (χ0v) is 12.2. The van der Waals surface area contributed by atoms with Gasteiger partial charge in [0.1, 0.15) is 5.60 Å². The molecule has 0 aliphatic heterocycles. The lowest BCUT2D eigenvalue weighted by Gasteiger charge is -2.28. The third-order valence-electron chi connectivity index (χ3n) is 3.88. The largest absolute Gasteiger partial charge is 0.380 e. The molecule has 106 valence electrons. The Morgan fingerprint density at radius 1 is 0.810 bits per heavy atom. The first-order chi connectivity index (χ1) is 10.1. The number of hydrogen-bond acceptors (Lipinski definition) is 1. The van der Waals surface area contributed by atoms with Gasteiger partial charge in [-0.15, -0.1) is 0 Å². The van der Waals surface area contributed by atoms with Gasteiger partial charge >= 0.3 is 0 Å². The molecule has 0 unspecified atom stereocenters. The van der Waals surface area contributed by atoms with Crippen LogP contribution in [0.5, 0.6) is 0 Å². The van der Waals surface area contributed by atoms with E-state index in [1.165, 1.54) is 0 Å². The fourth-order valence-corrected chi connectivity index (χ4v) is 2.96.